The van der Waals surface area contributed by atoms with E-state index in [4.69, 9.17) is 9.47 Å². The van der Waals surface area contributed by atoms with Gasteiger partial charge in [-0.25, -0.2) is 0 Å². The van der Waals surface area contributed by atoms with Crippen LogP contribution in [0, 0.1) is 11.3 Å². The second-order valence-electron chi connectivity index (χ2n) is 4.32. The van der Waals surface area contributed by atoms with E-state index < -0.39 is 0 Å². The first-order chi connectivity index (χ1) is 10.7. The maximum Gasteiger partial charge on any atom is 0.213 e. The van der Waals surface area contributed by atoms with Crippen LogP contribution < -0.4 is 9.47 Å². The first-order valence-corrected chi connectivity index (χ1v) is 7.58. The van der Waals surface area contributed by atoms with Crippen molar-refractivity contribution in [1.29, 1.82) is 5.26 Å². The number of allylic oxidation sites excluding steroid dienone is 1. The highest BCUT2D eigenvalue weighted by molar-refractivity contribution is 7.12. The van der Waals surface area contributed by atoms with Gasteiger partial charge in [0.05, 0.1) is 18.6 Å². The molecular formula is C17H15NO3S. The number of rotatable bonds is 6. The molecule has 2 rings (SSSR count). The van der Waals surface area contributed by atoms with E-state index in [1.807, 2.05) is 18.4 Å². The van der Waals surface area contributed by atoms with Crippen molar-refractivity contribution in [3.8, 4) is 17.6 Å². The van der Waals surface area contributed by atoms with Gasteiger partial charge in [0.2, 0.25) is 5.78 Å². The van der Waals surface area contributed by atoms with Crippen molar-refractivity contribution in [2.24, 2.45) is 0 Å². The first kappa shape index (κ1) is 15.8. The second-order valence-corrected chi connectivity index (χ2v) is 5.27. The number of ether oxygens (including phenoxy) is 2. The Labute approximate surface area is 133 Å². The standard InChI is InChI=1S/C17H15NO3S/c1-3-21-15-10-12(6-7-14(15)20-2)9-13(11-18)17(19)16-5-4-8-22-16/h4-10H,3H2,1-2H3/b13-9+. The van der Waals surface area contributed by atoms with E-state index in [1.54, 1.807) is 43.5 Å². The minimum Gasteiger partial charge on any atom is -0.493 e. The van der Waals surface area contributed by atoms with E-state index in [-0.39, 0.29) is 11.4 Å². The largest absolute Gasteiger partial charge is 0.493 e. The van der Waals surface area contributed by atoms with E-state index in [1.165, 1.54) is 11.3 Å². The van der Waals surface area contributed by atoms with Crippen LogP contribution in [0.15, 0.2) is 41.3 Å². The van der Waals surface area contributed by atoms with Gasteiger partial charge in [-0.15, -0.1) is 11.3 Å². The fourth-order valence-corrected chi connectivity index (χ4v) is 2.58. The fourth-order valence-electron chi connectivity index (χ4n) is 1.91. The molecule has 0 spiro atoms. The fraction of sp³-hybridized carbons (Fsp3) is 0.176. The first-order valence-electron chi connectivity index (χ1n) is 6.70. The van der Waals surface area contributed by atoms with Crippen LogP contribution in [-0.2, 0) is 0 Å². The number of nitrogens with zero attached hydrogens (tertiary/aromatic N) is 1. The number of carbonyl (C=O) groups is 1. The number of Topliss-reactive ketones (excluding diaryl/α,β-unsaturated/α-hetero) is 1. The Hall–Kier alpha value is -2.58. The molecule has 0 aliphatic rings. The summed E-state index contributed by atoms with van der Waals surface area (Å²) < 4.78 is 10.7. The summed E-state index contributed by atoms with van der Waals surface area (Å²) in [5, 5.41) is 11.0. The topological polar surface area (TPSA) is 59.3 Å². The Bertz CT molecular complexity index is 727. The number of thiophene rings is 1. The second kappa shape index (κ2) is 7.43. The molecule has 1 aromatic carbocycles. The number of hydrogen-bond acceptors (Lipinski definition) is 5. The lowest BCUT2D eigenvalue weighted by Crippen LogP contribution is -1.99. The third-order valence-electron chi connectivity index (χ3n) is 2.91. The maximum absolute atomic E-state index is 12.2. The number of hydrogen-bond donors (Lipinski definition) is 0. The van der Waals surface area contributed by atoms with E-state index in [0.29, 0.717) is 28.5 Å². The highest BCUT2D eigenvalue weighted by Crippen LogP contribution is 2.29. The average Bonchev–Trinajstić information content (AvgIpc) is 3.07. The van der Waals surface area contributed by atoms with Crippen molar-refractivity contribution in [3.63, 3.8) is 0 Å². The Morgan fingerprint density at radius 2 is 2.18 bits per heavy atom. The van der Waals surface area contributed by atoms with Crippen LogP contribution in [0.4, 0.5) is 0 Å². The summed E-state index contributed by atoms with van der Waals surface area (Å²) in [6.45, 7) is 2.38. The average molecular weight is 313 g/mol. The molecule has 1 aromatic heterocycles. The van der Waals surface area contributed by atoms with Gasteiger partial charge in [-0.2, -0.15) is 5.26 Å². The van der Waals surface area contributed by atoms with Gasteiger partial charge in [-0.3, -0.25) is 4.79 Å². The van der Waals surface area contributed by atoms with Gasteiger partial charge in [0.15, 0.2) is 11.5 Å². The Morgan fingerprint density at radius 1 is 1.36 bits per heavy atom. The molecule has 0 radical (unpaired) electrons. The Morgan fingerprint density at radius 3 is 2.77 bits per heavy atom. The SMILES string of the molecule is CCOc1cc(/C=C(\C#N)C(=O)c2cccs2)ccc1OC. The molecule has 0 fully saturated rings. The van der Waals surface area contributed by atoms with Crippen LogP contribution >= 0.6 is 11.3 Å². The van der Waals surface area contributed by atoms with Crippen LogP contribution in [0.5, 0.6) is 11.5 Å². The molecule has 0 atom stereocenters. The van der Waals surface area contributed by atoms with Crippen LogP contribution in [-0.4, -0.2) is 19.5 Å². The van der Waals surface area contributed by atoms with Crippen molar-refractivity contribution in [2.75, 3.05) is 13.7 Å². The van der Waals surface area contributed by atoms with Gasteiger partial charge in [-0.05, 0) is 42.1 Å². The summed E-state index contributed by atoms with van der Waals surface area (Å²) in [6, 6.07) is 10.7. The highest BCUT2D eigenvalue weighted by Gasteiger charge is 2.13. The number of ketones is 1. The molecule has 0 N–H and O–H groups in total. The summed E-state index contributed by atoms with van der Waals surface area (Å²) in [7, 11) is 1.56. The van der Waals surface area contributed by atoms with Gasteiger partial charge < -0.3 is 9.47 Å². The smallest absolute Gasteiger partial charge is 0.213 e. The zero-order chi connectivity index (χ0) is 15.9. The highest BCUT2D eigenvalue weighted by atomic mass is 32.1. The Balaban J connectivity index is 2.36. The summed E-state index contributed by atoms with van der Waals surface area (Å²) >= 11 is 1.32. The molecule has 0 amide bonds. The van der Waals surface area contributed by atoms with Gasteiger partial charge in [0.1, 0.15) is 11.6 Å². The monoisotopic (exact) mass is 313 g/mol. The van der Waals surface area contributed by atoms with E-state index in [0.717, 1.165) is 0 Å². The van der Waals surface area contributed by atoms with Crippen LogP contribution in [0.3, 0.4) is 0 Å². The predicted molar refractivity (Wildman–Crippen MR) is 86.4 cm³/mol. The summed E-state index contributed by atoms with van der Waals surface area (Å²) in [6.07, 6.45) is 1.56. The molecule has 0 bridgehead atoms. The molecule has 0 aliphatic heterocycles. The number of methoxy groups -OCH3 is 1. The molecule has 0 aliphatic carbocycles. The molecule has 5 heteroatoms. The molecule has 2 aromatic rings. The lowest BCUT2D eigenvalue weighted by molar-refractivity contribution is 0.104. The number of carbonyl (C=O) groups excluding carboxylic acids is 1. The van der Waals surface area contributed by atoms with Crippen molar-refractivity contribution < 1.29 is 14.3 Å². The van der Waals surface area contributed by atoms with E-state index >= 15 is 0 Å². The molecular weight excluding hydrogens is 298 g/mol. The lowest BCUT2D eigenvalue weighted by atomic mass is 10.1. The lowest BCUT2D eigenvalue weighted by Gasteiger charge is -2.09. The minimum atomic E-state index is -0.272. The molecule has 4 nitrogen and oxygen atoms in total. The van der Waals surface area contributed by atoms with Crippen molar-refractivity contribution in [1.82, 2.24) is 0 Å². The molecule has 112 valence electrons. The third kappa shape index (κ3) is 3.54. The predicted octanol–water partition coefficient (Wildman–Crippen LogP) is 3.95. The third-order valence-corrected chi connectivity index (χ3v) is 3.78. The van der Waals surface area contributed by atoms with Crippen molar-refractivity contribution in [2.45, 2.75) is 6.92 Å². The molecule has 1 heterocycles. The Kier molecular flexibility index (Phi) is 5.34. The summed E-state index contributed by atoms with van der Waals surface area (Å²) in [4.78, 5) is 12.8. The maximum atomic E-state index is 12.2. The quantitative estimate of drug-likeness (QED) is 0.460. The molecule has 0 saturated carbocycles. The van der Waals surface area contributed by atoms with Crippen molar-refractivity contribution in [3.05, 3.63) is 51.7 Å². The zero-order valence-corrected chi connectivity index (χ0v) is 13.1. The normalized spacial score (nSPS) is 10.9. The van der Waals surface area contributed by atoms with Crippen LogP contribution in [0.1, 0.15) is 22.2 Å². The van der Waals surface area contributed by atoms with Gasteiger partial charge in [-0.1, -0.05) is 12.1 Å². The zero-order valence-electron chi connectivity index (χ0n) is 12.3. The molecule has 22 heavy (non-hydrogen) atoms. The summed E-state index contributed by atoms with van der Waals surface area (Å²) in [5.74, 6) is 0.924. The van der Waals surface area contributed by atoms with Gasteiger partial charge in [0.25, 0.3) is 0 Å². The van der Waals surface area contributed by atoms with E-state index in [2.05, 4.69) is 0 Å². The van der Waals surface area contributed by atoms with Gasteiger partial charge in [0, 0.05) is 0 Å². The molecule has 0 unspecified atom stereocenters. The molecule has 0 saturated heterocycles. The summed E-state index contributed by atoms with van der Waals surface area (Å²) in [5.41, 5.74) is 0.806. The number of nitriles is 1. The minimum absolute atomic E-state index is 0.0927. The van der Waals surface area contributed by atoms with Crippen LogP contribution in [0.25, 0.3) is 6.08 Å². The number of benzene rings is 1. The van der Waals surface area contributed by atoms with E-state index in [9.17, 15) is 10.1 Å². The van der Waals surface area contributed by atoms with Crippen molar-refractivity contribution >= 4 is 23.2 Å². The van der Waals surface area contributed by atoms with Crippen LogP contribution in [0.2, 0.25) is 0 Å². The van der Waals surface area contributed by atoms with Gasteiger partial charge >= 0.3 is 0 Å².